The SMILES string of the molecule is Cc1nn(C)c(Oc2ccc([N+](=O)[O-])cc2Cl)c1CO. The number of non-ortho nitro benzene ring substituents is 1. The molecular formula is C12H12ClN3O4. The van der Waals surface area contributed by atoms with Gasteiger partial charge in [-0.15, -0.1) is 0 Å². The van der Waals surface area contributed by atoms with Crippen LogP contribution in [0.1, 0.15) is 11.3 Å². The Morgan fingerprint density at radius 3 is 2.80 bits per heavy atom. The zero-order valence-corrected chi connectivity index (χ0v) is 11.6. The second-order valence-corrected chi connectivity index (χ2v) is 4.53. The van der Waals surface area contributed by atoms with Gasteiger partial charge in [0, 0.05) is 19.2 Å². The molecule has 1 aromatic heterocycles. The van der Waals surface area contributed by atoms with E-state index in [2.05, 4.69) is 5.10 Å². The molecule has 0 saturated carbocycles. The molecular weight excluding hydrogens is 286 g/mol. The summed E-state index contributed by atoms with van der Waals surface area (Å²) in [6, 6.07) is 3.91. The van der Waals surface area contributed by atoms with Gasteiger partial charge < -0.3 is 9.84 Å². The predicted molar refractivity (Wildman–Crippen MR) is 72.0 cm³/mol. The molecule has 0 atom stereocenters. The van der Waals surface area contributed by atoms with Crippen molar-refractivity contribution in [3.63, 3.8) is 0 Å². The Bertz CT molecular complexity index is 669. The van der Waals surface area contributed by atoms with Gasteiger partial charge >= 0.3 is 0 Å². The fourth-order valence-electron chi connectivity index (χ4n) is 1.78. The summed E-state index contributed by atoms with van der Waals surface area (Å²) < 4.78 is 7.07. The van der Waals surface area contributed by atoms with E-state index in [9.17, 15) is 15.2 Å². The second kappa shape index (κ2) is 5.48. The third-order valence-corrected chi connectivity index (χ3v) is 3.08. The monoisotopic (exact) mass is 297 g/mol. The molecule has 0 spiro atoms. The van der Waals surface area contributed by atoms with E-state index in [1.54, 1.807) is 14.0 Å². The molecule has 2 rings (SSSR count). The summed E-state index contributed by atoms with van der Waals surface area (Å²) in [6.07, 6.45) is 0. The zero-order valence-electron chi connectivity index (χ0n) is 10.8. The van der Waals surface area contributed by atoms with Crippen LogP contribution in [-0.2, 0) is 13.7 Å². The number of hydrogen-bond acceptors (Lipinski definition) is 5. The van der Waals surface area contributed by atoms with Crippen molar-refractivity contribution >= 4 is 17.3 Å². The Morgan fingerprint density at radius 1 is 1.55 bits per heavy atom. The minimum Gasteiger partial charge on any atom is -0.437 e. The Hall–Kier alpha value is -2.12. The highest BCUT2D eigenvalue weighted by atomic mass is 35.5. The molecule has 0 bridgehead atoms. The minimum absolute atomic E-state index is 0.113. The molecule has 0 unspecified atom stereocenters. The fourth-order valence-corrected chi connectivity index (χ4v) is 1.99. The molecule has 1 N–H and O–H groups in total. The number of hydrogen-bond donors (Lipinski definition) is 1. The molecule has 0 aliphatic rings. The van der Waals surface area contributed by atoms with Crippen molar-refractivity contribution in [1.82, 2.24) is 9.78 Å². The van der Waals surface area contributed by atoms with E-state index in [0.29, 0.717) is 17.1 Å². The standard InChI is InChI=1S/C12H12ClN3O4/c1-7-9(6-17)12(15(2)14-7)20-11-4-3-8(16(18)19)5-10(11)13/h3-5,17H,6H2,1-2H3. The van der Waals surface area contributed by atoms with Gasteiger partial charge in [0.1, 0.15) is 5.75 Å². The lowest BCUT2D eigenvalue weighted by Gasteiger charge is -2.09. The number of ether oxygens (including phenoxy) is 1. The van der Waals surface area contributed by atoms with Crippen LogP contribution in [-0.4, -0.2) is 19.8 Å². The van der Waals surface area contributed by atoms with Gasteiger partial charge in [-0.1, -0.05) is 11.6 Å². The highest BCUT2D eigenvalue weighted by Crippen LogP contribution is 2.34. The smallest absolute Gasteiger partial charge is 0.271 e. The Kier molecular flexibility index (Phi) is 3.91. The third-order valence-electron chi connectivity index (χ3n) is 2.78. The van der Waals surface area contributed by atoms with E-state index in [1.807, 2.05) is 0 Å². The maximum Gasteiger partial charge on any atom is 0.271 e. The summed E-state index contributed by atoms with van der Waals surface area (Å²) in [4.78, 5) is 10.1. The van der Waals surface area contributed by atoms with Gasteiger partial charge in [0.15, 0.2) is 0 Å². The lowest BCUT2D eigenvalue weighted by molar-refractivity contribution is -0.384. The summed E-state index contributed by atoms with van der Waals surface area (Å²) in [5, 5.41) is 24.2. The lowest BCUT2D eigenvalue weighted by Crippen LogP contribution is -1.98. The molecule has 0 amide bonds. The van der Waals surface area contributed by atoms with E-state index in [4.69, 9.17) is 16.3 Å². The Labute approximate surface area is 119 Å². The second-order valence-electron chi connectivity index (χ2n) is 4.12. The first-order valence-corrected chi connectivity index (χ1v) is 6.07. The average Bonchev–Trinajstić information content (AvgIpc) is 2.65. The number of nitro groups is 1. The van der Waals surface area contributed by atoms with Crippen LogP contribution in [0, 0.1) is 17.0 Å². The number of aryl methyl sites for hydroxylation is 2. The molecule has 0 aliphatic carbocycles. The van der Waals surface area contributed by atoms with Gasteiger partial charge in [0.05, 0.1) is 27.8 Å². The normalized spacial score (nSPS) is 10.6. The summed E-state index contributed by atoms with van der Waals surface area (Å²) >= 11 is 5.96. The molecule has 1 heterocycles. The van der Waals surface area contributed by atoms with Crippen LogP contribution in [0.5, 0.6) is 11.6 Å². The molecule has 106 valence electrons. The number of aliphatic hydroxyl groups excluding tert-OH is 1. The first-order valence-electron chi connectivity index (χ1n) is 5.69. The van der Waals surface area contributed by atoms with Gasteiger partial charge in [-0.2, -0.15) is 5.10 Å². The van der Waals surface area contributed by atoms with Crippen LogP contribution in [0.2, 0.25) is 5.02 Å². The number of aromatic nitrogens is 2. The predicted octanol–water partition coefficient (Wildman–Crippen LogP) is 2.57. The maximum absolute atomic E-state index is 10.6. The molecule has 2 aromatic rings. The quantitative estimate of drug-likeness (QED) is 0.692. The van der Waals surface area contributed by atoms with Crippen molar-refractivity contribution < 1.29 is 14.8 Å². The van der Waals surface area contributed by atoms with E-state index in [-0.39, 0.29) is 23.1 Å². The average molecular weight is 298 g/mol. The van der Waals surface area contributed by atoms with Crippen molar-refractivity contribution in [2.24, 2.45) is 7.05 Å². The molecule has 1 aromatic carbocycles. The van der Waals surface area contributed by atoms with Crippen LogP contribution < -0.4 is 4.74 Å². The van der Waals surface area contributed by atoms with E-state index < -0.39 is 4.92 Å². The lowest BCUT2D eigenvalue weighted by atomic mass is 10.2. The van der Waals surface area contributed by atoms with Crippen LogP contribution in [0.25, 0.3) is 0 Å². The zero-order chi connectivity index (χ0) is 14.9. The maximum atomic E-state index is 10.6. The first kappa shape index (κ1) is 14.3. The molecule has 0 fully saturated rings. The van der Waals surface area contributed by atoms with Gasteiger partial charge in [-0.05, 0) is 13.0 Å². The van der Waals surface area contributed by atoms with Crippen LogP contribution in [0.4, 0.5) is 5.69 Å². The third kappa shape index (κ3) is 2.59. The van der Waals surface area contributed by atoms with Gasteiger partial charge in [0.25, 0.3) is 5.69 Å². The first-order chi connectivity index (χ1) is 9.43. The van der Waals surface area contributed by atoms with Crippen molar-refractivity contribution in [3.05, 3.63) is 44.6 Å². The number of nitro benzene ring substituents is 1. The molecule has 8 heteroatoms. The molecule has 0 saturated heterocycles. The molecule has 0 radical (unpaired) electrons. The Balaban J connectivity index is 2.38. The number of aliphatic hydroxyl groups is 1. The summed E-state index contributed by atoms with van der Waals surface area (Å²) in [5.74, 6) is 0.607. The van der Waals surface area contributed by atoms with Crippen molar-refractivity contribution in [3.8, 4) is 11.6 Å². The number of nitrogens with zero attached hydrogens (tertiary/aromatic N) is 3. The molecule has 7 nitrogen and oxygen atoms in total. The van der Waals surface area contributed by atoms with Gasteiger partial charge in [0.2, 0.25) is 5.88 Å². The van der Waals surface area contributed by atoms with Gasteiger partial charge in [-0.25, -0.2) is 4.68 Å². The summed E-state index contributed by atoms with van der Waals surface area (Å²) in [6.45, 7) is 1.52. The van der Waals surface area contributed by atoms with Crippen molar-refractivity contribution in [2.45, 2.75) is 13.5 Å². The Morgan fingerprint density at radius 2 is 2.25 bits per heavy atom. The number of benzene rings is 1. The summed E-state index contributed by atoms with van der Waals surface area (Å²) in [5.41, 5.74) is 1.07. The van der Waals surface area contributed by atoms with E-state index >= 15 is 0 Å². The number of halogens is 1. The summed E-state index contributed by atoms with van der Waals surface area (Å²) in [7, 11) is 1.67. The van der Waals surface area contributed by atoms with Crippen LogP contribution in [0.15, 0.2) is 18.2 Å². The molecule has 20 heavy (non-hydrogen) atoms. The van der Waals surface area contributed by atoms with Crippen molar-refractivity contribution in [1.29, 1.82) is 0 Å². The number of rotatable bonds is 4. The van der Waals surface area contributed by atoms with E-state index in [1.165, 1.54) is 22.9 Å². The van der Waals surface area contributed by atoms with Gasteiger partial charge in [-0.3, -0.25) is 10.1 Å². The largest absolute Gasteiger partial charge is 0.437 e. The minimum atomic E-state index is -0.539. The fraction of sp³-hybridized carbons (Fsp3) is 0.250. The van der Waals surface area contributed by atoms with E-state index in [0.717, 1.165) is 0 Å². The van der Waals surface area contributed by atoms with Crippen molar-refractivity contribution in [2.75, 3.05) is 0 Å². The topological polar surface area (TPSA) is 90.4 Å². The highest BCUT2D eigenvalue weighted by Gasteiger charge is 2.17. The van der Waals surface area contributed by atoms with Crippen LogP contribution in [0.3, 0.4) is 0 Å². The molecule has 0 aliphatic heterocycles. The van der Waals surface area contributed by atoms with Crippen LogP contribution >= 0.6 is 11.6 Å². The highest BCUT2D eigenvalue weighted by molar-refractivity contribution is 6.32.